The highest BCUT2D eigenvalue weighted by Crippen LogP contribution is 2.29. The normalized spacial score (nSPS) is 17.6. The third-order valence-electron chi connectivity index (χ3n) is 7.10. The Morgan fingerprint density at radius 1 is 0.758 bits per heavy atom. The highest BCUT2D eigenvalue weighted by molar-refractivity contribution is 6.08. The summed E-state index contributed by atoms with van der Waals surface area (Å²) < 4.78 is 0. The first-order chi connectivity index (χ1) is 16.2. The summed E-state index contributed by atoms with van der Waals surface area (Å²) in [6, 6.07) is 18.8. The van der Waals surface area contributed by atoms with E-state index in [0.29, 0.717) is 24.6 Å². The predicted octanol–water partition coefficient (Wildman–Crippen LogP) is 3.18. The van der Waals surface area contributed by atoms with Gasteiger partial charge < -0.3 is 10.2 Å². The molecule has 1 aromatic heterocycles. The van der Waals surface area contributed by atoms with E-state index in [-0.39, 0.29) is 11.8 Å². The zero-order valence-corrected chi connectivity index (χ0v) is 18.5. The van der Waals surface area contributed by atoms with Crippen LogP contribution in [0, 0.1) is 0 Å². The van der Waals surface area contributed by atoms with Gasteiger partial charge in [0.1, 0.15) is 11.5 Å². The predicted molar refractivity (Wildman–Crippen MR) is 128 cm³/mol. The first-order valence-corrected chi connectivity index (χ1v) is 11.7. The highest BCUT2D eigenvalue weighted by atomic mass is 16.2. The average Bonchev–Trinajstić information content (AvgIpc) is 3.07. The van der Waals surface area contributed by atoms with Crippen molar-refractivity contribution in [1.29, 1.82) is 0 Å². The minimum absolute atomic E-state index is 0.0418. The lowest BCUT2D eigenvalue weighted by Crippen LogP contribution is -2.39. The number of nitrogens with zero attached hydrogens (tertiary/aromatic N) is 3. The summed E-state index contributed by atoms with van der Waals surface area (Å²) >= 11 is 0. The summed E-state index contributed by atoms with van der Waals surface area (Å²) in [6.45, 7) is 3.08. The van der Waals surface area contributed by atoms with Crippen molar-refractivity contribution in [3.05, 3.63) is 88.1 Å². The Balaban J connectivity index is 1.28. The third kappa shape index (κ3) is 3.55. The van der Waals surface area contributed by atoms with Gasteiger partial charge in [0.25, 0.3) is 11.8 Å². The second kappa shape index (κ2) is 8.03. The lowest BCUT2D eigenvalue weighted by atomic mass is 9.97. The molecule has 0 bridgehead atoms. The fourth-order valence-electron chi connectivity index (χ4n) is 5.22. The van der Waals surface area contributed by atoms with E-state index in [2.05, 4.69) is 51.6 Å². The van der Waals surface area contributed by atoms with E-state index < -0.39 is 0 Å². The van der Waals surface area contributed by atoms with E-state index in [4.69, 9.17) is 0 Å². The topological polar surface area (TPSA) is 65.5 Å². The van der Waals surface area contributed by atoms with Crippen LogP contribution in [0.15, 0.2) is 54.6 Å². The summed E-state index contributed by atoms with van der Waals surface area (Å²) in [5.74, 6) is 0.351. The summed E-state index contributed by atoms with van der Waals surface area (Å²) in [5, 5.41) is 2.84. The van der Waals surface area contributed by atoms with Gasteiger partial charge in [-0.2, -0.15) is 0 Å². The van der Waals surface area contributed by atoms with Crippen LogP contribution in [0.4, 0.5) is 11.5 Å². The molecule has 0 saturated heterocycles. The molecular weight excluding hydrogens is 412 g/mol. The van der Waals surface area contributed by atoms with Gasteiger partial charge in [0, 0.05) is 37.4 Å². The number of aromatic nitrogens is 1. The molecule has 33 heavy (non-hydrogen) atoms. The number of rotatable bonds is 2. The number of pyridine rings is 1. The van der Waals surface area contributed by atoms with E-state index in [1.165, 1.54) is 11.1 Å². The van der Waals surface area contributed by atoms with Crippen LogP contribution in [0.5, 0.6) is 0 Å². The lowest BCUT2D eigenvalue weighted by Gasteiger charge is -2.30. The minimum Gasteiger partial charge on any atom is -0.371 e. The van der Waals surface area contributed by atoms with Gasteiger partial charge in [-0.05, 0) is 66.1 Å². The number of carbonyl (C=O) groups excluding carboxylic acids is 2. The first-order valence-electron chi connectivity index (χ1n) is 11.7. The van der Waals surface area contributed by atoms with Crippen molar-refractivity contribution in [1.82, 2.24) is 10.3 Å². The number of hydrogen-bond donors (Lipinski definition) is 1. The summed E-state index contributed by atoms with van der Waals surface area (Å²) in [5.41, 5.74) is 7.13. The third-order valence-corrected chi connectivity index (χ3v) is 7.10. The van der Waals surface area contributed by atoms with E-state index in [0.717, 1.165) is 61.2 Å². The highest BCUT2D eigenvalue weighted by Gasteiger charge is 2.29. The van der Waals surface area contributed by atoms with Crippen molar-refractivity contribution in [3.8, 4) is 0 Å². The van der Waals surface area contributed by atoms with Crippen LogP contribution >= 0.6 is 0 Å². The molecule has 0 radical (unpaired) electrons. The maximum Gasteiger partial charge on any atom is 0.270 e. The molecule has 6 heteroatoms. The minimum atomic E-state index is -0.160. The molecule has 1 N–H and O–H groups in total. The number of fused-ring (bicyclic) bond motifs is 3. The molecule has 3 aliphatic rings. The van der Waals surface area contributed by atoms with Gasteiger partial charge in [0.05, 0.1) is 0 Å². The van der Waals surface area contributed by atoms with E-state index in [9.17, 15) is 9.59 Å². The second-order valence-electron chi connectivity index (χ2n) is 8.99. The molecule has 2 amide bonds. The van der Waals surface area contributed by atoms with Crippen molar-refractivity contribution >= 4 is 23.3 Å². The average molecular weight is 439 g/mol. The summed E-state index contributed by atoms with van der Waals surface area (Å²) in [4.78, 5) is 34.4. The number of anilines is 2. The second-order valence-corrected chi connectivity index (χ2v) is 8.99. The Labute approximate surface area is 193 Å². The van der Waals surface area contributed by atoms with E-state index in [1.807, 2.05) is 18.2 Å². The Bertz CT molecular complexity index is 1240. The molecule has 0 unspecified atom stereocenters. The van der Waals surface area contributed by atoms with Crippen LogP contribution in [0.25, 0.3) is 0 Å². The molecule has 3 aromatic rings. The standard InChI is InChI=1S/C27H26N4O2/c32-26-25-21(9-13-28-26)6-8-24(29-25)31-16-12-20-5-7-22(17-23(20)27(31)33)30-14-10-18-3-1-2-4-19(18)11-15-30/h1-8,17H,9-16H2,(H,28,32). The fourth-order valence-corrected chi connectivity index (χ4v) is 5.22. The van der Waals surface area contributed by atoms with Gasteiger partial charge in [0.15, 0.2) is 0 Å². The molecule has 166 valence electrons. The van der Waals surface area contributed by atoms with Gasteiger partial charge >= 0.3 is 0 Å². The number of carbonyl (C=O) groups is 2. The van der Waals surface area contributed by atoms with Crippen molar-refractivity contribution in [3.63, 3.8) is 0 Å². The molecule has 6 nitrogen and oxygen atoms in total. The van der Waals surface area contributed by atoms with Crippen LogP contribution < -0.4 is 15.1 Å². The first kappa shape index (κ1) is 20.0. The van der Waals surface area contributed by atoms with Crippen LogP contribution in [0.1, 0.15) is 43.1 Å². The zero-order valence-electron chi connectivity index (χ0n) is 18.5. The van der Waals surface area contributed by atoms with Crippen LogP contribution in [-0.4, -0.2) is 43.0 Å². The monoisotopic (exact) mass is 438 g/mol. The van der Waals surface area contributed by atoms with Gasteiger partial charge in [-0.3, -0.25) is 14.5 Å². The Morgan fingerprint density at radius 2 is 1.48 bits per heavy atom. The van der Waals surface area contributed by atoms with Gasteiger partial charge in [0.2, 0.25) is 0 Å². The van der Waals surface area contributed by atoms with E-state index in [1.54, 1.807) is 4.90 Å². The molecule has 3 aliphatic heterocycles. The van der Waals surface area contributed by atoms with Gasteiger partial charge in [-0.15, -0.1) is 0 Å². The van der Waals surface area contributed by atoms with Crippen LogP contribution in [-0.2, 0) is 25.7 Å². The van der Waals surface area contributed by atoms with E-state index >= 15 is 0 Å². The van der Waals surface area contributed by atoms with Gasteiger partial charge in [-0.1, -0.05) is 36.4 Å². The van der Waals surface area contributed by atoms with Crippen molar-refractivity contribution in [2.24, 2.45) is 0 Å². The maximum atomic E-state index is 13.5. The quantitative estimate of drug-likeness (QED) is 0.668. The lowest BCUT2D eigenvalue weighted by molar-refractivity contribution is 0.0936. The number of amides is 2. The number of nitrogens with one attached hydrogen (secondary N) is 1. The Kier molecular flexibility index (Phi) is 4.86. The Hall–Kier alpha value is -3.67. The zero-order chi connectivity index (χ0) is 22.4. The summed E-state index contributed by atoms with van der Waals surface area (Å²) in [6.07, 6.45) is 3.56. The molecule has 0 fully saturated rings. The molecule has 2 aromatic carbocycles. The van der Waals surface area contributed by atoms with Gasteiger partial charge in [-0.25, -0.2) is 4.98 Å². The molecule has 4 heterocycles. The van der Waals surface area contributed by atoms with Crippen molar-refractivity contribution in [2.75, 3.05) is 36.0 Å². The molecule has 0 atom stereocenters. The molecule has 0 spiro atoms. The molecular formula is C27H26N4O2. The fraction of sp³-hybridized carbons (Fsp3) is 0.296. The SMILES string of the molecule is O=C1NCCc2ccc(N3CCc4ccc(N5CCc6ccccc6CC5)cc4C3=O)nc21. The number of benzene rings is 2. The maximum absolute atomic E-state index is 13.5. The van der Waals surface area contributed by atoms with Crippen LogP contribution in [0.3, 0.4) is 0 Å². The van der Waals surface area contributed by atoms with Crippen molar-refractivity contribution in [2.45, 2.75) is 25.7 Å². The molecule has 0 aliphatic carbocycles. The smallest absolute Gasteiger partial charge is 0.270 e. The molecule has 6 rings (SSSR count). The summed E-state index contributed by atoms with van der Waals surface area (Å²) in [7, 11) is 0. The largest absolute Gasteiger partial charge is 0.371 e. The molecule has 0 saturated carbocycles. The Morgan fingerprint density at radius 3 is 2.27 bits per heavy atom. The van der Waals surface area contributed by atoms with Crippen molar-refractivity contribution < 1.29 is 9.59 Å². The number of hydrogen-bond acceptors (Lipinski definition) is 4. The van der Waals surface area contributed by atoms with Crippen LogP contribution in [0.2, 0.25) is 0 Å².